The number of aryl methyl sites for hydroxylation is 1. The highest BCUT2D eigenvalue weighted by molar-refractivity contribution is 6.08. The quantitative estimate of drug-likeness (QED) is 0.586. The smallest absolute Gasteiger partial charge is 0.342 e. The van der Waals surface area contributed by atoms with Gasteiger partial charge in [-0.25, -0.2) is 14.8 Å². The molecule has 0 saturated heterocycles. The third-order valence-corrected chi connectivity index (χ3v) is 3.44. The molecule has 0 atom stereocenters. The molecule has 3 aromatic rings. The predicted molar refractivity (Wildman–Crippen MR) is 90.2 cm³/mol. The van der Waals surface area contributed by atoms with E-state index in [-0.39, 0.29) is 6.61 Å². The van der Waals surface area contributed by atoms with Crippen molar-refractivity contribution >= 4 is 28.6 Å². The van der Waals surface area contributed by atoms with Gasteiger partial charge in [0.25, 0.3) is 0 Å². The third-order valence-electron chi connectivity index (χ3n) is 3.44. The van der Waals surface area contributed by atoms with Crippen molar-refractivity contribution in [2.24, 2.45) is 0 Å². The van der Waals surface area contributed by atoms with E-state index in [2.05, 4.69) is 21.2 Å². The Morgan fingerprint density at radius 1 is 1.42 bits per heavy atom. The van der Waals surface area contributed by atoms with E-state index in [0.29, 0.717) is 28.2 Å². The summed E-state index contributed by atoms with van der Waals surface area (Å²) in [5, 5.41) is 3.64. The third kappa shape index (κ3) is 2.79. The zero-order chi connectivity index (χ0) is 17.1. The zero-order valence-electron chi connectivity index (χ0n) is 13.3. The van der Waals surface area contributed by atoms with E-state index in [1.807, 2.05) is 24.3 Å². The molecule has 1 aromatic carbocycles. The molecule has 0 amide bonds. The number of hydrogen-bond acceptors (Lipinski definition) is 6. The van der Waals surface area contributed by atoms with Gasteiger partial charge in [-0.1, -0.05) is 12.0 Å². The van der Waals surface area contributed by atoms with E-state index >= 15 is 0 Å². The van der Waals surface area contributed by atoms with Crippen LogP contribution in [0.5, 0.6) is 0 Å². The molecular weight excluding hydrogens is 306 g/mol. The van der Waals surface area contributed by atoms with Crippen molar-refractivity contribution in [1.82, 2.24) is 9.97 Å². The van der Waals surface area contributed by atoms with Crippen LogP contribution in [0.3, 0.4) is 0 Å². The van der Waals surface area contributed by atoms with E-state index in [1.54, 1.807) is 13.8 Å². The number of ether oxygens (including phenoxy) is 1. The summed E-state index contributed by atoms with van der Waals surface area (Å²) in [6.45, 7) is 3.71. The Balaban J connectivity index is 2.11. The predicted octanol–water partition coefficient (Wildman–Crippen LogP) is 3.43. The first-order chi connectivity index (χ1) is 11.6. The fourth-order valence-electron chi connectivity index (χ4n) is 2.41. The summed E-state index contributed by atoms with van der Waals surface area (Å²) >= 11 is 0. The standard InChI is InChI=1S/C18H15N3O3/c1-4-12-7-6-8-13(9-12)21-16-15-14(18(22)23-5-2)11(3)24-17(15)20-10-19-16/h1,6-10H,5H2,2-3H3,(H,19,20,21). The monoisotopic (exact) mass is 321 g/mol. The second-order valence-corrected chi connectivity index (χ2v) is 5.01. The maximum atomic E-state index is 12.3. The highest BCUT2D eigenvalue weighted by Gasteiger charge is 2.23. The highest BCUT2D eigenvalue weighted by atomic mass is 16.5. The van der Waals surface area contributed by atoms with Crippen LogP contribution < -0.4 is 5.32 Å². The summed E-state index contributed by atoms with van der Waals surface area (Å²) in [6.07, 6.45) is 6.79. The topological polar surface area (TPSA) is 77.3 Å². The van der Waals surface area contributed by atoms with E-state index in [0.717, 1.165) is 11.3 Å². The van der Waals surface area contributed by atoms with Gasteiger partial charge in [-0.05, 0) is 32.0 Å². The number of hydrogen-bond donors (Lipinski definition) is 1. The molecule has 0 aliphatic carbocycles. The summed E-state index contributed by atoms with van der Waals surface area (Å²) in [5.74, 6) is 2.99. The number of esters is 1. The number of aromatic nitrogens is 2. The minimum atomic E-state index is -0.469. The van der Waals surface area contributed by atoms with Gasteiger partial charge in [-0.15, -0.1) is 6.42 Å². The van der Waals surface area contributed by atoms with Gasteiger partial charge in [0.2, 0.25) is 5.71 Å². The Morgan fingerprint density at radius 2 is 2.25 bits per heavy atom. The van der Waals surface area contributed by atoms with Crippen LogP contribution in [0.2, 0.25) is 0 Å². The van der Waals surface area contributed by atoms with Crippen molar-refractivity contribution in [3.63, 3.8) is 0 Å². The zero-order valence-corrected chi connectivity index (χ0v) is 13.3. The first-order valence-corrected chi connectivity index (χ1v) is 7.39. The molecule has 2 aromatic heterocycles. The molecule has 0 fully saturated rings. The Kier molecular flexibility index (Phi) is 4.17. The van der Waals surface area contributed by atoms with Crippen LogP contribution in [0.15, 0.2) is 35.0 Å². The molecule has 6 nitrogen and oxygen atoms in total. The van der Waals surface area contributed by atoms with E-state index in [4.69, 9.17) is 15.6 Å². The second-order valence-electron chi connectivity index (χ2n) is 5.01. The summed E-state index contributed by atoms with van der Waals surface area (Å²) in [6, 6.07) is 7.33. The molecule has 0 bridgehead atoms. The Hall–Kier alpha value is -3.33. The molecule has 0 aliphatic heterocycles. The molecule has 0 aliphatic rings. The summed E-state index contributed by atoms with van der Waals surface area (Å²) in [7, 11) is 0. The van der Waals surface area contributed by atoms with E-state index < -0.39 is 5.97 Å². The molecule has 0 spiro atoms. The number of fused-ring (bicyclic) bond motifs is 1. The number of nitrogens with zero attached hydrogens (tertiary/aromatic N) is 2. The maximum absolute atomic E-state index is 12.3. The van der Waals surface area contributed by atoms with Crippen LogP contribution in [-0.4, -0.2) is 22.5 Å². The lowest BCUT2D eigenvalue weighted by Gasteiger charge is -2.08. The van der Waals surface area contributed by atoms with Crippen LogP contribution in [0.25, 0.3) is 11.1 Å². The number of furan rings is 1. The number of nitrogens with one attached hydrogen (secondary N) is 1. The van der Waals surface area contributed by atoms with Crippen molar-refractivity contribution < 1.29 is 13.9 Å². The molecule has 1 N–H and O–H groups in total. The molecule has 24 heavy (non-hydrogen) atoms. The lowest BCUT2D eigenvalue weighted by molar-refractivity contribution is 0.0526. The number of rotatable bonds is 4. The van der Waals surface area contributed by atoms with Crippen molar-refractivity contribution in [2.45, 2.75) is 13.8 Å². The van der Waals surface area contributed by atoms with Crippen LogP contribution in [0.1, 0.15) is 28.6 Å². The SMILES string of the molecule is C#Cc1cccc(Nc2ncnc3oc(C)c(C(=O)OCC)c23)c1. The number of carbonyl (C=O) groups is 1. The molecule has 6 heteroatoms. The van der Waals surface area contributed by atoms with E-state index in [9.17, 15) is 4.79 Å². The van der Waals surface area contributed by atoms with Gasteiger partial charge in [-0.3, -0.25) is 0 Å². The van der Waals surface area contributed by atoms with Crippen LogP contribution >= 0.6 is 0 Å². The molecular formula is C18H15N3O3. The van der Waals surface area contributed by atoms with Gasteiger partial charge in [0.15, 0.2) is 0 Å². The van der Waals surface area contributed by atoms with Gasteiger partial charge >= 0.3 is 5.97 Å². The lowest BCUT2D eigenvalue weighted by atomic mass is 10.1. The lowest BCUT2D eigenvalue weighted by Crippen LogP contribution is -2.06. The minimum absolute atomic E-state index is 0.269. The summed E-state index contributed by atoms with van der Waals surface area (Å²) in [4.78, 5) is 20.6. The van der Waals surface area contributed by atoms with Crippen LogP contribution in [-0.2, 0) is 4.74 Å². The maximum Gasteiger partial charge on any atom is 0.342 e. The fourth-order valence-corrected chi connectivity index (χ4v) is 2.41. The highest BCUT2D eigenvalue weighted by Crippen LogP contribution is 2.31. The molecule has 0 radical (unpaired) electrons. The Morgan fingerprint density at radius 3 is 3.00 bits per heavy atom. The van der Waals surface area contributed by atoms with Crippen molar-refractivity contribution in [3.8, 4) is 12.3 Å². The molecule has 0 unspecified atom stereocenters. The van der Waals surface area contributed by atoms with Crippen LogP contribution in [0, 0.1) is 19.3 Å². The Labute approximate surface area is 138 Å². The van der Waals surface area contributed by atoms with Gasteiger partial charge in [0.05, 0.1) is 12.0 Å². The van der Waals surface area contributed by atoms with Gasteiger partial charge in [0.1, 0.15) is 23.5 Å². The normalized spacial score (nSPS) is 10.4. The fraction of sp³-hybridized carbons (Fsp3) is 0.167. The van der Waals surface area contributed by atoms with Gasteiger partial charge < -0.3 is 14.5 Å². The molecule has 3 rings (SSSR count). The summed E-state index contributed by atoms with van der Waals surface area (Å²) < 4.78 is 10.7. The minimum Gasteiger partial charge on any atom is -0.462 e. The van der Waals surface area contributed by atoms with E-state index in [1.165, 1.54) is 6.33 Å². The average molecular weight is 321 g/mol. The number of carbonyl (C=O) groups excluding carboxylic acids is 1. The van der Waals surface area contributed by atoms with Crippen LogP contribution in [0.4, 0.5) is 11.5 Å². The van der Waals surface area contributed by atoms with Crippen molar-refractivity contribution in [3.05, 3.63) is 47.5 Å². The largest absolute Gasteiger partial charge is 0.462 e. The Bertz CT molecular complexity index is 954. The van der Waals surface area contributed by atoms with Crippen molar-refractivity contribution in [1.29, 1.82) is 0 Å². The summed E-state index contributed by atoms with van der Waals surface area (Å²) in [5.41, 5.74) is 2.13. The second kappa shape index (κ2) is 6.42. The number of anilines is 2. The van der Waals surface area contributed by atoms with Gasteiger partial charge in [0, 0.05) is 11.3 Å². The first kappa shape index (κ1) is 15.6. The average Bonchev–Trinajstić information content (AvgIpc) is 2.92. The first-order valence-electron chi connectivity index (χ1n) is 7.39. The number of terminal acetylenes is 1. The molecule has 120 valence electrons. The van der Waals surface area contributed by atoms with Gasteiger partial charge in [-0.2, -0.15) is 0 Å². The molecule has 0 saturated carbocycles. The number of benzene rings is 1. The van der Waals surface area contributed by atoms with Crippen molar-refractivity contribution in [2.75, 3.05) is 11.9 Å². The molecule has 2 heterocycles.